The Bertz CT molecular complexity index is 449. The number of ether oxygens (including phenoxy) is 2. The van der Waals surface area contributed by atoms with Gasteiger partial charge in [0.1, 0.15) is 5.75 Å². The van der Waals surface area contributed by atoms with E-state index in [4.69, 9.17) is 9.47 Å². The first-order valence-corrected chi connectivity index (χ1v) is 7.95. The predicted molar refractivity (Wildman–Crippen MR) is 91.5 cm³/mol. The van der Waals surface area contributed by atoms with Crippen LogP contribution in [-0.4, -0.2) is 38.9 Å². The lowest BCUT2D eigenvalue weighted by atomic mass is 10.2. The van der Waals surface area contributed by atoms with Crippen molar-refractivity contribution in [2.75, 3.05) is 26.9 Å². The van der Waals surface area contributed by atoms with Crippen LogP contribution in [0.4, 0.5) is 0 Å². The van der Waals surface area contributed by atoms with Crippen LogP contribution < -0.4 is 15.4 Å². The van der Waals surface area contributed by atoms with Crippen LogP contribution in [-0.2, 0) is 11.3 Å². The highest BCUT2D eigenvalue weighted by atomic mass is 16.5. The van der Waals surface area contributed by atoms with Crippen molar-refractivity contribution >= 4 is 5.96 Å². The SMILES string of the molecule is CCCOc1cccc(CN=C(NCC)NC(C)COC)c1. The van der Waals surface area contributed by atoms with Gasteiger partial charge in [0, 0.05) is 19.7 Å². The summed E-state index contributed by atoms with van der Waals surface area (Å²) in [6.07, 6.45) is 1.01. The fourth-order valence-electron chi connectivity index (χ4n) is 1.97. The second kappa shape index (κ2) is 10.9. The highest BCUT2D eigenvalue weighted by Gasteiger charge is 2.04. The van der Waals surface area contributed by atoms with Crippen molar-refractivity contribution in [1.82, 2.24) is 10.6 Å². The summed E-state index contributed by atoms with van der Waals surface area (Å²) in [5, 5.41) is 6.56. The van der Waals surface area contributed by atoms with Gasteiger partial charge in [-0.1, -0.05) is 19.1 Å². The number of hydrogen-bond donors (Lipinski definition) is 2. The molecule has 124 valence electrons. The zero-order valence-corrected chi connectivity index (χ0v) is 14.2. The number of nitrogens with zero attached hydrogens (tertiary/aromatic N) is 1. The molecule has 5 nitrogen and oxygen atoms in total. The summed E-state index contributed by atoms with van der Waals surface area (Å²) in [6.45, 7) is 9.04. The van der Waals surface area contributed by atoms with Crippen molar-refractivity contribution in [3.8, 4) is 5.75 Å². The number of rotatable bonds is 9. The van der Waals surface area contributed by atoms with Crippen LogP contribution in [0.15, 0.2) is 29.3 Å². The Morgan fingerprint density at radius 2 is 2.14 bits per heavy atom. The number of aliphatic imine (C=N–C) groups is 1. The van der Waals surface area contributed by atoms with Crippen LogP contribution in [0.3, 0.4) is 0 Å². The van der Waals surface area contributed by atoms with Gasteiger partial charge in [-0.3, -0.25) is 0 Å². The molecule has 0 fully saturated rings. The second-order valence-corrected chi connectivity index (χ2v) is 5.19. The number of hydrogen-bond acceptors (Lipinski definition) is 3. The maximum absolute atomic E-state index is 5.65. The molecule has 22 heavy (non-hydrogen) atoms. The number of nitrogens with one attached hydrogen (secondary N) is 2. The molecule has 0 aromatic heterocycles. The molecule has 5 heteroatoms. The molecule has 1 atom stereocenters. The van der Waals surface area contributed by atoms with Crippen LogP contribution in [0.25, 0.3) is 0 Å². The quantitative estimate of drug-likeness (QED) is 0.544. The minimum atomic E-state index is 0.210. The van der Waals surface area contributed by atoms with Crippen LogP contribution in [0.1, 0.15) is 32.8 Å². The van der Waals surface area contributed by atoms with Gasteiger partial charge in [-0.2, -0.15) is 0 Å². The summed E-state index contributed by atoms with van der Waals surface area (Å²) in [4.78, 5) is 4.61. The standard InChI is InChI=1S/C17H29N3O2/c1-5-10-22-16-9-7-8-15(11-16)12-19-17(18-6-2)20-14(3)13-21-4/h7-9,11,14H,5-6,10,12-13H2,1-4H3,(H2,18,19,20). The van der Waals surface area contributed by atoms with Gasteiger partial charge >= 0.3 is 0 Å². The van der Waals surface area contributed by atoms with E-state index in [-0.39, 0.29) is 6.04 Å². The monoisotopic (exact) mass is 307 g/mol. The third-order valence-corrected chi connectivity index (χ3v) is 2.94. The van der Waals surface area contributed by atoms with E-state index in [1.54, 1.807) is 7.11 Å². The predicted octanol–water partition coefficient (Wildman–Crippen LogP) is 2.57. The first-order chi connectivity index (χ1) is 10.7. The topological polar surface area (TPSA) is 54.9 Å². The molecule has 0 heterocycles. The highest BCUT2D eigenvalue weighted by Crippen LogP contribution is 2.14. The van der Waals surface area contributed by atoms with Crippen molar-refractivity contribution in [3.63, 3.8) is 0 Å². The molecule has 0 radical (unpaired) electrons. The Hall–Kier alpha value is -1.75. The molecule has 0 bridgehead atoms. The first-order valence-electron chi connectivity index (χ1n) is 7.95. The van der Waals surface area contributed by atoms with Gasteiger partial charge in [-0.15, -0.1) is 0 Å². The van der Waals surface area contributed by atoms with E-state index >= 15 is 0 Å². The zero-order chi connectivity index (χ0) is 16.2. The molecule has 1 aromatic carbocycles. The van der Waals surface area contributed by atoms with Crippen LogP contribution >= 0.6 is 0 Å². The minimum absolute atomic E-state index is 0.210. The molecule has 1 aromatic rings. The summed E-state index contributed by atoms with van der Waals surface area (Å²) in [5.74, 6) is 1.70. The Balaban J connectivity index is 2.64. The van der Waals surface area contributed by atoms with Gasteiger partial charge in [-0.05, 0) is 38.0 Å². The summed E-state index contributed by atoms with van der Waals surface area (Å²) in [7, 11) is 1.70. The molecule has 0 aliphatic carbocycles. The lowest BCUT2D eigenvalue weighted by Gasteiger charge is -2.17. The number of guanidine groups is 1. The first kappa shape index (κ1) is 18.3. The van der Waals surface area contributed by atoms with E-state index < -0.39 is 0 Å². The van der Waals surface area contributed by atoms with E-state index in [2.05, 4.69) is 42.5 Å². The van der Waals surface area contributed by atoms with E-state index in [9.17, 15) is 0 Å². The maximum atomic E-state index is 5.65. The summed E-state index contributed by atoms with van der Waals surface area (Å²) >= 11 is 0. The molecular formula is C17H29N3O2. The Morgan fingerprint density at radius 3 is 2.82 bits per heavy atom. The number of methoxy groups -OCH3 is 1. The van der Waals surface area contributed by atoms with Crippen molar-refractivity contribution in [3.05, 3.63) is 29.8 Å². The molecule has 0 aliphatic heterocycles. The third kappa shape index (κ3) is 7.31. The third-order valence-electron chi connectivity index (χ3n) is 2.94. The molecule has 0 saturated carbocycles. The van der Waals surface area contributed by atoms with Gasteiger partial charge in [0.25, 0.3) is 0 Å². The van der Waals surface area contributed by atoms with E-state index in [1.165, 1.54) is 0 Å². The fraction of sp³-hybridized carbons (Fsp3) is 0.588. The van der Waals surface area contributed by atoms with Crippen LogP contribution in [0.2, 0.25) is 0 Å². The van der Waals surface area contributed by atoms with Gasteiger partial charge in [0.2, 0.25) is 0 Å². The van der Waals surface area contributed by atoms with Crippen LogP contribution in [0, 0.1) is 0 Å². The van der Waals surface area contributed by atoms with Gasteiger partial charge in [0.05, 0.1) is 19.8 Å². The Labute approximate surface area is 134 Å². The van der Waals surface area contributed by atoms with Crippen molar-refractivity contribution in [2.45, 2.75) is 39.8 Å². The molecule has 1 unspecified atom stereocenters. The maximum Gasteiger partial charge on any atom is 0.191 e. The summed E-state index contributed by atoms with van der Waals surface area (Å²) in [5.41, 5.74) is 1.13. The zero-order valence-electron chi connectivity index (χ0n) is 14.2. The Morgan fingerprint density at radius 1 is 1.32 bits per heavy atom. The molecular weight excluding hydrogens is 278 g/mol. The molecule has 0 saturated heterocycles. The normalized spacial score (nSPS) is 12.8. The van der Waals surface area contributed by atoms with Gasteiger partial charge < -0.3 is 20.1 Å². The highest BCUT2D eigenvalue weighted by molar-refractivity contribution is 5.80. The van der Waals surface area contributed by atoms with Crippen molar-refractivity contribution in [2.24, 2.45) is 4.99 Å². The lowest BCUT2D eigenvalue weighted by molar-refractivity contribution is 0.179. The second-order valence-electron chi connectivity index (χ2n) is 5.19. The molecule has 2 N–H and O–H groups in total. The van der Waals surface area contributed by atoms with E-state index in [0.29, 0.717) is 13.2 Å². The van der Waals surface area contributed by atoms with Gasteiger partial charge in [0.15, 0.2) is 5.96 Å². The largest absolute Gasteiger partial charge is 0.494 e. The Kier molecular flexibility index (Phi) is 9.07. The van der Waals surface area contributed by atoms with Crippen LogP contribution in [0.5, 0.6) is 5.75 Å². The van der Waals surface area contributed by atoms with E-state index in [1.807, 2.05) is 18.2 Å². The van der Waals surface area contributed by atoms with Gasteiger partial charge in [-0.25, -0.2) is 4.99 Å². The minimum Gasteiger partial charge on any atom is -0.494 e. The lowest BCUT2D eigenvalue weighted by Crippen LogP contribution is -2.43. The van der Waals surface area contributed by atoms with Crippen molar-refractivity contribution in [1.29, 1.82) is 0 Å². The molecule has 0 aliphatic rings. The smallest absolute Gasteiger partial charge is 0.191 e. The molecule has 0 spiro atoms. The average Bonchev–Trinajstić information content (AvgIpc) is 2.51. The average molecular weight is 307 g/mol. The summed E-state index contributed by atoms with van der Waals surface area (Å²) in [6, 6.07) is 8.30. The van der Waals surface area contributed by atoms with Crippen molar-refractivity contribution < 1.29 is 9.47 Å². The molecule has 1 rings (SSSR count). The summed E-state index contributed by atoms with van der Waals surface area (Å²) < 4.78 is 10.8. The number of benzene rings is 1. The fourth-order valence-corrected chi connectivity index (χ4v) is 1.97. The molecule has 0 amide bonds. The van der Waals surface area contributed by atoms with E-state index in [0.717, 1.165) is 36.8 Å².